The lowest BCUT2D eigenvalue weighted by Crippen LogP contribution is -2.15. The number of anilines is 1. The van der Waals surface area contributed by atoms with Crippen molar-refractivity contribution in [2.45, 2.75) is 32.1 Å². The lowest BCUT2D eigenvalue weighted by atomic mass is 9.84. The van der Waals surface area contributed by atoms with E-state index in [0.717, 1.165) is 36.8 Å². The van der Waals surface area contributed by atoms with Crippen molar-refractivity contribution in [3.63, 3.8) is 0 Å². The summed E-state index contributed by atoms with van der Waals surface area (Å²) in [4.78, 5) is 26.1. The van der Waals surface area contributed by atoms with Crippen molar-refractivity contribution in [3.05, 3.63) is 76.0 Å². The first kappa shape index (κ1) is 18.2. The van der Waals surface area contributed by atoms with Gasteiger partial charge in [0.25, 0.3) is 0 Å². The Hall–Kier alpha value is -3.15. The number of rotatable bonds is 5. The molecule has 2 N–H and O–H groups in total. The molecule has 1 aliphatic rings. The van der Waals surface area contributed by atoms with Crippen LogP contribution in [0.1, 0.15) is 31.2 Å². The lowest BCUT2D eigenvalue weighted by Gasteiger charge is -2.22. The van der Waals surface area contributed by atoms with Crippen LogP contribution in [0.3, 0.4) is 0 Å². The molecule has 1 atom stereocenters. The van der Waals surface area contributed by atoms with Crippen molar-refractivity contribution in [2.24, 2.45) is 5.92 Å². The zero-order valence-corrected chi connectivity index (χ0v) is 15.3. The van der Waals surface area contributed by atoms with Crippen LogP contribution in [-0.4, -0.2) is 10.9 Å². The highest BCUT2D eigenvalue weighted by atomic mass is 19.1. The summed E-state index contributed by atoms with van der Waals surface area (Å²) in [6.07, 6.45) is 6.30. The number of aromatic nitrogens is 1. The van der Waals surface area contributed by atoms with Gasteiger partial charge >= 0.3 is 5.76 Å². The van der Waals surface area contributed by atoms with Crippen molar-refractivity contribution in [3.8, 4) is 0 Å². The van der Waals surface area contributed by atoms with Crippen molar-refractivity contribution in [1.29, 1.82) is 0 Å². The van der Waals surface area contributed by atoms with Gasteiger partial charge in [0.15, 0.2) is 5.58 Å². The molecule has 1 aromatic heterocycles. The van der Waals surface area contributed by atoms with Crippen LogP contribution in [0, 0.1) is 11.7 Å². The number of carbonyl (C=O) groups is 1. The monoisotopic (exact) mass is 380 g/mol. The number of benzene rings is 2. The summed E-state index contributed by atoms with van der Waals surface area (Å²) in [7, 11) is 0. The van der Waals surface area contributed by atoms with Gasteiger partial charge in [0.1, 0.15) is 5.82 Å². The van der Waals surface area contributed by atoms with Crippen LogP contribution in [0.25, 0.3) is 11.1 Å². The minimum atomic E-state index is -0.513. The maximum absolute atomic E-state index is 13.0. The van der Waals surface area contributed by atoms with Crippen molar-refractivity contribution < 1.29 is 13.6 Å². The molecule has 0 radical (unpaired) electrons. The highest BCUT2D eigenvalue weighted by Crippen LogP contribution is 2.28. The molecular formula is C22H21FN2O3. The van der Waals surface area contributed by atoms with E-state index in [1.807, 2.05) is 12.1 Å². The molecule has 0 spiro atoms. The largest absolute Gasteiger partial charge is 0.417 e. The Morgan fingerprint density at radius 2 is 2.04 bits per heavy atom. The van der Waals surface area contributed by atoms with E-state index in [0.29, 0.717) is 29.1 Å². The van der Waals surface area contributed by atoms with Gasteiger partial charge in [0.2, 0.25) is 5.91 Å². The number of hydrogen-bond acceptors (Lipinski definition) is 3. The number of aromatic amines is 1. The third-order valence-corrected chi connectivity index (χ3v) is 5.14. The van der Waals surface area contributed by atoms with Crippen LogP contribution < -0.4 is 11.1 Å². The van der Waals surface area contributed by atoms with Crippen molar-refractivity contribution in [2.75, 3.05) is 5.32 Å². The van der Waals surface area contributed by atoms with E-state index in [-0.39, 0.29) is 11.7 Å². The van der Waals surface area contributed by atoms with Crippen LogP contribution in [0.15, 0.2) is 63.3 Å². The fraction of sp³-hybridized carbons (Fsp3) is 0.273. The molecule has 0 fully saturated rings. The fourth-order valence-corrected chi connectivity index (χ4v) is 3.68. The van der Waals surface area contributed by atoms with Gasteiger partial charge in [-0.1, -0.05) is 23.8 Å². The Labute approximate surface area is 161 Å². The Kier molecular flexibility index (Phi) is 5.10. The second-order valence-electron chi connectivity index (χ2n) is 7.28. The van der Waals surface area contributed by atoms with Crippen LogP contribution in [0.2, 0.25) is 0 Å². The zero-order chi connectivity index (χ0) is 19.5. The highest BCUT2D eigenvalue weighted by Gasteiger charge is 2.17. The van der Waals surface area contributed by atoms with Gasteiger partial charge in [-0.3, -0.25) is 9.78 Å². The quantitative estimate of drug-likeness (QED) is 0.637. The molecule has 5 nitrogen and oxygen atoms in total. The van der Waals surface area contributed by atoms with Gasteiger partial charge < -0.3 is 9.73 Å². The van der Waals surface area contributed by atoms with E-state index in [9.17, 15) is 14.0 Å². The maximum Gasteiger partial charge on any atom is 0.417 e. The van der Waals surface area contributed by atoms with Crippen LogP contribution in [0.5, 0.6) is 0 Å². The van der Waals surface area contributed by atoms with Crippen molar-refractivity contribution in [1.82, 2.24) is 4.98 Å². The molecule has 1 unspecified atom stereocenters. The topological polar surface area (TPSA) is 75.1 Å². The number of hydrogen-bond donors (Lipinski definition) is 2. The van der Waals surface area contributed by atoms with Gasteiger partial charge in [-0.25, -0.2) is 9.18 Å². The van der Waals surface area contributed by atoms with Gasteiger partial charge in [0, 0.05) is 18.2 Å². The molecule has 0 aliphatic heterocycles. The molecule has 1 amide bonds. The van der Waals surface area contributed by atoms with E-state index in [1.165, 1.54) is 12.1 Å². The molecule has 2 aromatic carbocycles. The number of amides is 1. The summed E-state index contributed by atoms with van der Waals surface area (Å²) >= 11 is 0. The molecule has 3 aromatic rings. The molecule has 0 saturated heterocycles. The minimum Gasteiger partial charge on any atom is -0.408 e. The standard InChI is InChI=1S/C22H21FN2O3/c23-17-7-5-15(6-8-17)11-14-1-3-16(4-2-14)12-21(26)24-18-9-10-19-20(13-18)28-22(27)25-19/h3,5-10,13-14H,1-2,4,11-12H2,(H,24,26)(H,25,27). The molecule has 0 bridgehead atoms. The second kappa shape index (κ2) is 7.84. The lowest BCUT2D eigenvalue weighted by molar-refractivity contribution is -0.115. The first-order chi connectivity index (χ1) is 13.5. The molecule has 144 valence electrons. The Morgan fingerprint density at radius 3 is 2.79 bits per heavy atom. The molecular weight excluding hydrogens is 359 g/mol. The Balaban J connectivity index is 1.31. The third kappa shape index (κ3) is 4.39. The minimum absolute atomic E-state index is 0.0829. The van der Waals surface area contributed by atoms with E-state index in [4.69, 9.17) is 4.42 Å². The Bertz CT molecular complexity index is 1080. The number of H-pyrrole nitrogens is 1. The summed E-state index contributed by atoms with van der Waals surface area (Å²) in [5.41, 5.74) is 3.91. The molecule has 28 heavy (non-hydrogen) atoms. The smallest absolute Gasteiger partial charge is 0.408 e. The SMILES string of the molecule is O=C(CC1=CCC(Cc2ccc(F)cc2)CC1)Nc1ccc2[nH]c(=O)oc2c1. The average molecular weight is 380 g/mol. The summed E-state index contributed by atoms with van der Waals surface area (Å²) in [6, 6.07) is 11.8. The van der Waals surface area contributed by atoms with Crippen LogP contribution in [-0.2, 0) is 11.2 Å². The molecule has 6 heteroatoms. The number of nitrogens with one attached hydrogen (secondary N) is 2. The van der Waals surface area contributed by atoms with Gasteiger partial charge in [-0.05, 0) is 61.4 Å². The molecule has 1 heterocycles. The van der Waals surface area contributed by atoms with Gasteiger partial charge in [-0.15, -0.1) is 0 Å². The highest BCUT2D eigenvalue weighted by molar-refractivity contribution is 5.94. The van der Waals surface area contributed by atoms with E-state index in [2.05, 4.69) is 16.4 Å². The van der Waals surface area contributed by atoms with Crippen LogP contribution in [0.4, 0.5) is 10.1 Å². The number of oxazole rings is 1. The predicted octanol–water partition coefficient (Wildman–Crippen LogP) is 4.56. The normalized spacial score (nSPS) is 16.8. The van der Waals surface area contributed by atoms with Crippen LogP contribution >= 0.6 is 0 Å². The summed E-state index contributed by atoms with van der Waals surface area (Å²) in [5, 5.41) is 2.86. The second-order valence-corrected chi connectivity index (χ2v) is 7.28. The number of allylic oxidation sites excluding steroid dienone is 1. The van der Waals surface area contributed by atoms with E-state index < -0.39 is 5.76 Å². The number of fused-ring (bicyclic) bond motifs is 1. The maximum atomic E-state index is 13.0. The zero-order valence-electron chi connectivity index (χ0n) is 15.3. The van der Waals surface area contributed by atoms with Gasteiger partial charge in [-0.2, -0.15) is 0 Å². The summed E-state index contributed by atoms with van der Waals surface area (Å²) in [5.74, 6) is -0.281. The van der Waals surface area contributed by atoms with E-state index >= 15 is 0 Å². The molecule has 4 rings (SSSR count). The number of halogens is 1. The Morgan fingerprint density at radius 1 is 1.21 bits per heavy atom. The molecule has 0 saturated carbocycles. The fourth-order valence-electron chi connectivity index (χ4n) is 3.68. The summed E-state index contributed by atoms with van der Waals surface area (Å²) in [6.45, 7) is 0. The molecule has 1 aliphatic carbocycles. The van der Waals surface area contributed by atoms with E-state index in [1.54, 1.807) is 18.2 Å². The van der Waals surface area contributed by atoms with Crippen molar-refractivity contribution >= 4 is 22.7 Å². The first-order valence-corrected chi connectivity index (χ1v) is 9.40. The summed E-state index contributed by atoms with van der Waals surface area (Å²) < 4.78 is 18.0. The third-order valence-electron chi connectivity index (χ3n) is 5.14. The van der Waals surface area contributed by atoms with Gasteiger partial charge in [0.05, 0.1) is 5.52 Å². The average Bonchev–Trinajstić information content (AvgIpc) is 3.04. The predicted molar refractivity (Wildman–Crippen MR) is 106 cm³/mol. The first-order valence-electron chi connectivity index (χ1n) is 9.40. The number of carbonyl (C=O) groups excluding carboxylic acids is 1.